The van der Waals surface area contributed by atoms with Crippen molar-refractivity contribution in [2.45, 2.75) is 0 Å². The van der Waals surface area contributed by atoms with Crippen LogP contribution >= 0.6 is 0 Å². The number of nitrogens with zero attached hydrogens (tertiary/aromatic N) is 1. The Morgan fingerprint density at radius 3 is 2.87 bits per heavy atom. The molecule has 5 heteroatoms. The quantitative estimate of drug-likeness (QED) is 0.417. The topological polar surface area (TPSA) is 69.4 Å². The average molecular weight is 206 g/mol. The second kappa shape index (κ2) is 5.54. The van der Waals surface area contributed by atoms with E-state index in [-0.39, 0.29) is 12.3 Å². The van der Waals surface area contributed by atoms with Crippen molar-refractivity contribution in [1.82, 2.24) is 0 Å². The van der Waals surface area contributed by atoms with Crippen LogP contribution in [0.25, 0.3) is 6.08 Å². The fourth-order valence-electron chi connectivity index (χ4n) is 1.05. The molecule has 1 aromatic rings. The summed E-state index contributed by atoms with van der Waals surface area (Å²) >= 11 is 0. The van der Waals surface area contributed by atoms with E-state index in [0.29, 0.717) is 5.56 Å². The largest absolute Gasteiger partial charge is 0.453 e. The first kappa shape index (κ1) is 10.9. The van der Waals surface area contributed by atoms with E-state index in [4.69, 9.17) is 0 Å². The number of rotatable bonds is 5. The van der Waals surface area contributed by atoms with E-state index in [2.05, 4.69) is 4.74 Å². The summed E-state index contributed by atoms with van der Waals surface area (Å²) in [6, 6.07) is 6.30. The van der Waals surface area contributed by atoms with E-state index in [1.54, 1.807) is 18.2 Å². The monoisotopic (exact) mass is 206 g/mol. The minimum Gasteiger partial charge on any atom is -0.453 e. The lowest BCUT2D eigenvalue weighted by molar-refractivity contribution is -0.385. The smallest absolute Gasteiger partial charge is 0.417 e. The van der Waals surface area contributed by atoms with Crippen LogP contribution in [0, 0.1) is 10.1 Å². The summed E-state index contributed by atoms with van der Waals surface area (Å²) in [4.78, 5) is 19.8. The van der Waals surface area contributed by atoms with Gasteiger partial charge in [-0.1, -0.05) is 12.1 Å². The van der Waals surface area contributed by atoms with Crippen molar-refractivity contribution in [3.05, 3.63) is 46.0 Å². The van der Waals surface area contributed by atoms with Gasteiger partial charge in [-0.15, -0.1) is 0 Å². The standard InChI is InChI=1S/C10H8NO4/c12-8-15-7-3-5-9-4-1-2-6-10(9)11(13)14/h1-6H,7H2/b5-3+. The SMILES string of the molecule is O=[C]OC/C=C/c1ccccc1[N+](=O)[O-]. The predicted molar refractivity (Wildman–Crippen MR) is 53.8 cm³/mol. The van der Waals surface area contributed by atoms with Crippen LogP contribution in [0.3, 0.4) is 0 Å². The molecule has 1 aromatic carbocycles. The Morgan fingerprint density at radius 1 is 1.47 bits per heavy atom. The van der Waals surface area contributed by atoms with Crippen LogP contribution in [0.2, 0.25) is 0 Å². The van der Waals surface area contributed by atoms with Crippen LogP contribution < -0.4 is 0 Å². The van der Waals surface area contributed by atoms with Crippen LogP contribution in [0.1, 0.15) is 5.56 Å². The Balaban J connectivity index is 2.79. The molecule has 0 N–H and O–H groups in total. The fourth-order valence-corrected chi connectivity index (χ4v) is 1.05. The number of nitro benzene ring substituents is 1. The highest BCUT2D eigenvalue weighted by atomic mass is 16.6. The molecule has 1 rings (SSSR count). The van der Waals surface area contributed by atoms with Crippen molar-refractivity contribution in [2.24, 2.45) is 0 Å². The summed E-state index contributed by atoms with van der Waals surface area (Å²) < 4.78 is 4.29. The molecular formula is C10H8NO4. The summed E-state index contributed by atoms with van der Waals surface area (Å²) in [7, 11) is 0. The summed E-state index contributed by atoms with van der Waals surface area (Å²) in [6.45, 7) is 1.31. The third kappa shape index (κ3) is 3.22. The molecular weight excluding hydrogens is 198 g/mol. The zero-order chi connectivity index (χ0) is 11.1. The Kier molecular flexibility index (Phi) is 4.03. The van der Waals surface area contributed by atoms with E-state index in [1.165, 1.54) is 24.7 Å². The van der Waals surface area contributed by atoms with Crippen molar-refractivity contribution < 1.29 is 14.5 Å². The molecule has 0 amide bonds. The maximum atomic E-state index is 10.6. The lowest BCUT2D eigenvalue weighted by Gasteiger charge is -1.95. The van der Waals surface area contributed by atoms with E-state index >= 15 is 0 Å². The zero-order valence-corrected chi connectivity index (χ0v) is 7.75. The van der Waals surface area contributed by atoms with Gasteiger partial charge >= 0.3 is 6.47 Å². The van der Waals surface area contributed by atoms with Crippen molar-refractivity contribution >= 4 is 18.2 Å². The van der Waals surface area contributed by atoms with Crippen LogP contribution in [-0.4, -0.2) is 18.0 Å². The number of hydrogen-bond donors (Lipinski definition) is 0. The highest BCUT2D eigenvalue weighted by Gasteiger charge is 2.08. The van der Waals surface area contributed by atoms with Crippen LogP contribution in [0.15, 0.2) is 30.3 Å². The second-order valence-electron chi connectivity index (χ2n) is 2.61. The predicted octanol–water partition coefficient (Wildman–Crippen LogP) is 1.69. The first-order valence-corrected chi connectivity index (χ1v) is 4.14. The maximum Gasteiger partial charge on any atom is 0.417 e. The average Bonchev–Trinajstić information content (AvgIpc) is 2.25. The summed E-state index contributed by atoms with van der Waals surface area (Å²) in [5.41, 5.74) is 0.487. The minimum absolute atomic E-state index is 0.0174. The van der Waals surface area contributed by atoms with Gasteiger partial charge in [-0.25, -0.2) is 4.79 Å². The summed E-state index contributed by atoms with van der Waals surface area (Å²) in [6.07, 6.45) is 3.03. The Labute approximate surface area is 86.1 Å². The van der Waals surface area contributed by atoms with Crippen molar-refractivity contribution in [1.29, 1.82) is 0 Å². The number of ether oxygens (including phenoxy) is 1. The molecule has 0 atom stereocenters. The number of para-hydroxylation sites is 1. The lowest BCUT2D eigenvalue weighted by atomic mass is 10.1. The molecule has 0 spiro atoms. The highest BCUT2D eigenvalue weighted by molar-refractivity contribution is 5.60. The van der Waals surface area contributed by atoms with Gasteiger partial charge < -0.3 is 4.74 Å². The molecule has 15 heavy (non-hydrogen) atoms. The summed E-state index contributed by atoms with van der Waals surface area (Å²) in [5, 5.41) is 10.6. The molecule has 0 heterocycles. The van der Waals surface area contributed by atoms with Gasteiger partial charge in [0.05, 0.1) is 10.5 Å². The van der Waals surface area contributed by atoms with Gasteiger partial charge in [0.25, 0.3) is 5.69 Å². The maximum absolute atomic E-state index is 10.6. The fraction of sp³-hybridized carbons (Fsp3) is 0.100. The van der Waals surface area contributed by atoms with E-state index < -0.39 is 4.92 Å². The molecule has 0 aromatic heterocycles. The van der Waals surface area contributed by atoms with Gasteiger partial charge in [-0.3, -0.25) is 10.1 Å². The third-order valence-corrected chi connectivity index (χ3v) is 1.67. The van der Waals surface area contributed by atoms with E-state index in [0.717, 1.165) is 0 Å². The molecule has 0 unspecified atom stereocenters. The number of benzene rings is 1. The van der Waals surface area contributed by atoms with E-state index in [9.17, 15) is 14.9 Å². The molecule has 5 nitrogen and oxygen atoms in total. The normalized spacial score (nSPS) is 10.1. The Hall–Kier alpha value is -2.17. The number of hydrogen-bond acceptors (Lipinski definition) is 4. The Bertz CT molecular complexity index is 387. The Morgan fingerprint density at radius 2 is 2.20 bits per heavy atom. The molecule has 0 aliphatic rings. The van der Waals surface area contributed by atoms with Crippen LogP contribution in [0.4, 0.5) is 5.69 Å². The molecule has 0 bridgehead atoms. The molecule has 0 aliphatic heterocycles. The number of carbonyl (C=O) groups excluding carboxylic acids is 1. The molecule has 0 saturated heterocycles. The second-order valence-corrected chi connectivity index (χ2v) is 2.61. The molecule has 0 saturated carbocycles. The van der Waals surface area contributed by atoms with E-state index in [1.807, 2.05) is 0 Å². The highest BCUT2D eigenvalue weighted by Crippen LogP contribution is 2.18. The van der Waals surface area contributed by atoms with Gasteiger partial charge in [-0.05, 0) is 18.2 Å². The van der Waals surface area contributed by atoms with Crippen molar-refractivity contribution in [3.8, 4) is 0 Å². The van der Waals surface area contributed by atoms with Crippen LogP contribution in [0.5, 0.6) is 0 Å². The molecule has 0 aliphatic carbocycles. The molecule has 0 fully saturated rings. The van der Waals surface area contributed by atoms with Gasteiger partial charge in [0.15, 0.2) is 0 Å². The molecule has 77 valence electrons. The third-order valence-electron chi connectivity index (χ3n) is 1.67. The van der Waals surface area contributed by atoms with Crippen molar-refractivity contribution in [2.75, 3.05) is 6.61 Å². The van der Waals surface area contributed by atoms with Gasteiger partial charge in [0, 0.05) is 6.07 Å². The van der Waals surface area contributed by atoms with Crippen LogP contribution in [-0.2, 0) is 9.53 Å². The minimum atomic E-state index is -0.466. The zero-order valence-electron chi connectivity index (χ0n) is 7.75. The lowest BCUT2D eigenvalue weighted by Crippen LogP contribution is -1.91. The van der Waals surface area contributed by atoms with Gasteiger partial charge in [-0.2, -0.15) is 0 Å². The van der Waals surface area contributed by atoms with Gasteiger partial charge in [0.1, 0.15) is 6.61 Å². The summed E-state index contributed by atoms with van der Waals surface area (Å²) in [5.74, 6) is 0. The van der Waals surface area contributed by atoms with Crippen molar-refractivity contribution in [3.63, 3.8) is 0 Å². The molecule has 1 radical (unpaired) electrons. The number of nitro groups is 1. The van der Waals surface area contributed by atoms with Gasteiger partial charge in [0.2, 0.25) is 0 Å². The first-order chi connectivity index (χ1) is 7.25. The first-order valence-electron chi connectivity index (χ1n) is 4.14.